The Morgan fingerprint density at radius 1 is 1.37 bits per heavy atom. The van der Waals surface area contributed by atoms with E-state index in [1.807, 2.05) is 0 Å². The Hall–Kier alpha value is -2.69. The highest BCUT2D eigenvalue weighted by Gasteiger charge is 2.15. The van der Waals surface area contributed by atoms with Gasteiger partial charge in [-0.05, 0) is 11.6 Å². The third-order valence-corrected chi connectivity index (χ3v) is 2.67. The molecule has 0 aliphatic rings. The van der Waals surface area contributed by atoms with Crippen LogP contribution in [0.1, 0.15) is 20.7 Å². The first-order valence-corrected chi connectivity index (χ1v) is 5.49. The lowest BCUT2D eigenvalue weighted by Crippen LogP contribution is -2.03. The zero-order chi connectivity index (χ0) is 13.8. The number of carboxylic acids is 1. The van der Waals surface area contributed by atoms with Crippen molar-refractivity contribution < 1.29 is 19.4 Å². The fourth-order valence-electron chi connectivity index (χ4n) is 1.78. The lowest BCUT2D eigenvalue weighted by molar-refractivity contribution is 0.0692. The van der Waals surface area contributed by atoms with Crippen LogP contribution in [0.5, 0.6) is 5.88 Å². The fourth-order valence-corrected chi connectivity index (χ4v) is 1.78. The third kappa shape index (κ3) is 2.44. The molecule has 0 amide bonds. The largest absolute Gasteiger partial charge is 0.480 e. The average molecular weight is 257 g/mol. The third-order valence-electron chi connectivity index (χ3n) is 2.67. The first-order chi connectivity index (χ1) is 9.17. The molecule has 96 valence electrons. The summed E-state index contributed by atoms with van der Waals surface area (Å²) in [7, 11) is 1.35. The van der Waals surface area contributed by atoms with Gasteiger partial charge in [-0.15, -0.1) is 0 Å². The molecule has 0 bridgehead atoms. The highest BCUT2D eigenvalue weighted by molar-refractivity contribution is 5.93. The second kappa shape index (κ2) is 5.30. The van der Waals surface area contributed by atoms with Crippen LogP contribution in [0.2, 0.25) is 0 Å². The lowest BCUT2D eigenvalue weighted by Gasteiger charge is -2.08. The van der Waals surface area contributed by atoms with E-state index in [1.54, 1.807) is 24.3 Å². The molecule has 0 aliphatic carbocycles. The molecule has 0 radical (unpaired) electrons. The molecule has 0 saturated carbocycles. The van der Waals surface area contributed by atoms with Gasteiger partial charge in [0.1, 0.15) is 5.56 Å². The van der Waals surface area contributed by atoms with Crippen molar-refractivity contribution in [2.24, 2.45) is 0 Å². The SMILES string of the molecule is COc1ncc(-c2ccccc2C=O)cc1C(=O)O. The van der Waals surface area contributed by atoms with Crippen molar-refractivity contribution in [2.45, 2.75) is 0 Å². The summed E-state index contributed by atoms with van der Waals surface area (Å²) in [6.07, 6.45) is 2.20. The molecule has 19 heavy (non-hydrogen) atoms. The predicted octanol–water partition coefficient (Wildman–Crippen LogP) is 2.27. The number of aromatic carboxylic acids is 1. The summed E-state index contributed by atoms with van der Waals surface area (Å²) < 4.78 is 4.89. The minimum absolute atomic E-state index is 0.0410. The molecule has 1 aromatic heterocycles. The Bertz CT molecular complexity index is 637. The fraction of sp³-hybridized carbons (Fsp3) is 0.0714. The van der Waals surface area contributed by atoms with Gasteiger partial charge >= 0.3 is 5.97 Å². The number of ether oxygens (including phenoxy) is 1. The number of carbonyl (C=O) groups is 2. The Kier molecular flexibility index (Phi) is 3.56. The van der Waals surface area contributed by atoms with E-state index in [0.717, 1.165) is 6.29 Å². The number of carbonyl (C=O) groups excluding carboxylic acids is 1. The second-order valence-corrected chi connectivity index (χ2v) is 3.79. The van der Waals surface area contributed by atoms with Crippen LogP contribution in [0.15, 0.2) is 36.5 Å². The molecule has 0 fully saturated rings. The molecule has 1 aromatic carbocycles. The van der Waals surface area contributed by atoms with E-state index in [4.69, 9.17) is 9.84 Å². The Balaban J connectivity index is 2.60. The van der Waals surface area contributed by atoms with Gasteiger partial charge in [0, 0.05) is 17.3 Å². The number of pyridine rings is 1. The lowest BCUT2D eigenvalue weighted by atomic mass is 10.0. The maximum absolute atomic E-state index is 11.1. The van der Waals surface area contributed by atoms with Crippen molar-refractivity contribution in [3.05, 3.63) is 47.7 Å². The first-order valence-electron chi connectivity index (χ1n) is 5.49. The molecule has 0 saturated heterocycles. The van der Waals surface area contributed by atoms with E-state index in [9.17, 15) is 9.59 Å². The predicted molar refractivity (Wildman–Crippen MR) is 68.6 cm³/mol. The smallest absolute Gasteiger partial charge is 0.341 e. The highest BCUT2D eigenvalue weighted by Crippen LogP contribution is 2.26. The number of methoxy groups -OCH3 is 1. The summed E-state index contributed by atoms with van der Waals surface area (Å²) in [5.74, 6) is -1.09. The van der Waals surface area contributed by atoms with Crippen molar-refractivity contribution in [2.75, 3.05) is 7.11 Å². The van der Waals surface area contributed by atoms with Crippen LogP contribution in [0.3, 0.4) is 0 Å². The summed E-state index contributed by atoms with van der Waals surface area (Å²) in [5.41, 5.74) is 1.63. The van der Waals surface area contributed by atoms with Gasteiger partial charge in [-0.25, -0.2) is 9.78 Å². The van der Waals surface area contributed by atoms with Gasteiger partial charge in [-0.3, -0.25) is 4.79 Å². The molecule has 0 aliphatic heterocycles. The van der Waals surface area contributed by atoms with Crippen molar-refractivity contribution in [3.8, 4) is 17.0 Å². The zero-order valence-corrected chi connectivity index (χ0v) is 10.2. The number of hydrogen-bond acceptors (Lipinski definition) is 4. The molecule has 1 N–H and O–H groups in total. The molecule has 0 unspecified atom stereocenters. The van der Waals surface area contributed by atoms with E-state index < -0.39 is 5.97 Å². The molecule has 1 heterocycles. The number of benzene rings is 1. The number of aromatic nitrogens is 1. The number of carboxylic acid groups (broad SMARTS) is 1. The minimum atomic E-state index is -1.13. The molecular weight excluding hydrogens is 246 g/mol. The molecule has 5 heteroatoms. The number of nitrogens with zero attached hydrogens (tertiary/aromatic N) is 1. The molecule has 5 nitrogen and oxygen atoms in total. The average Bonchev–Trinajstić information content (AvgIpc) is 2.46. The molecule has 0 atom stereocenters. The van der Waals surface area contributed by atoms with Crippen LogP contribution in [0.25, 0.3) is 11.1 Å². The van der Waals surface area contributed by atoms with Gasteiger partial charge in [0.25, 0.3) is 0 Å². The van der Waals surface area contributed by atoms with Gasteiger partial charge in [0.05, 0.1) is 7.11 Å². The minimum Gasteiger partial charge on any atom is -0.480 e. The van der Waals surface area contributed by atoms with Crippen molar-refractivity contribution >= 4 is 12.3 Å². The van der Waals surface area contributed by atoms with Crippen molar-refractivity contribution in [3.63, 3.8) is 0 Å². The van der Waals surface area contributed by atoms with E-state index >= 15 is 0 Å². The molecule has 2 aromatic rings. The topological polar surface area (TPSA) is 76.5 Å². The Labute approximate surface area is 109 Å². The number of hydrogen-bond donors (Lipinski definition) is 1. The number of aldehydes is 1. The van der Waals surface area contributed by atoms with Gasteiger partial charge < -0.3 is 9.84 Å². The molecular formula is C14H11NO4. The van der Waals surface area contributed by atoms with Crippen molar-refractivity contribution in [1.82, 2.24) is 4.98 Å². The van der Waals surface area contributed by atoms with E-state index in [2.05, 4.69) is 4.98 Å². The molecule has 2 rings (SSSR count). The van der Waals surface area contributed by atoms with E-state index in [1.165, 1.54) is 19.4 Å². The van der Waals surface area contributed by atoms with Gasteiger partial charge in [-0.2, -0.15) is 0 Å². The van der Waals surface area contributed by atoms with Crippen LogP contribution in [0, 0.1) is 0 Å². The maximum Gasteiger partial charge on any atom is 0.341 e. The summed E-state index contributed by atoms with van der Waals surface area (Å²) in [6.45, 7) is 0. The normalized spacial score (nSPS) is 9.95. The molecule has 0 spiro atoms. The van der Waals surface area contributed by atoms with Crippen LogP contribution in [-0.2, 0) is 0 Å². The quantitative estimate of drug-likeness (QED) is 0.850. The van der Waals surface area contributed by atoms with Gasteiger partial charge in [0.15, 0.2) is 6.29 Å². The van der Waals surface area contributed by atoms with Gasteiger partial charge in [-0.1, -0.05) is 24.3 Å². The maximum atomic E-state index is 11.1. The second-order valence-electron chi connectivity index (χ2n) is 3.79. The van der Waals surface area contributed by atoms with Crippen LogP contribution < -0.4 is 4.74 Å². The summed E-state index contributed by atoms with van der Waals surface area (Å²) in [6, 6.07) is 8.34. The van der Waals surface area contributed by atoms with Crippen molar-refractivity contribution in [1.29, 1.82) is 0 Å². The van der Waals surface area contributed by atoms with Crippen LogP contribution in [-0.4, -0.2) is 29.5 Å². The standard InChI is InChI=1S/C14H11NO4/c1-19-13-12(14(17)18)6-10(7-15-13)11-5-3-2-4-9(11)8-16/h2-8H,1H3,(H,17,18). The Morgan fingerprint density at radius 3 is 2.74 bits per heavy atom. The van der Waals surface area contributed by atoms with E-state index in [0.29, 0.717) is 16.7 Å². The highest BCUT2D eigenvalue weighted by atomic mass is 16.5. The van der Waals surface area contributed by atoms with Gasteiger partial charge in [0.2, 0.25) is 5.88 Å². The summed E-state index contributed by atoms with van der Waals surface area (Å²) in [4.78, 5) is 26.1. The summed E-state index contributed by atoms with van der Waals surface area (Å²) in [5, 5.41) is 9.11. The van der Waals surface area contributed by atoms with Crippen LogP contribution in [0.4, 0.5) is 0 Å². The van der Waals surface area contributed by atoms with Crippen LogP contribution >= 0.6 is 0 Å². The first kappa shape index (κ1) is 12.8. The zero-order valence-electron chi connectivity index (χ0n) is 10.2. The summed E-state index contributed by atoms with van der Waals surface area (Å²) >= 11 is 0. The number of rotatable bonds is 4. The Morgan fingerprint density at radius 2 is 2.11 bits per heavy atom. The van der Waals surface area contributed by atoms with E-state index in [-0.39, 0.29) is 11.4 Å². The monoisotopic (exact) mass is 257 g/mol.